The van der Waals surface area contributed by atoms with Crippen molar-refractivity contribution in [3.05, 3.63) is 24.7 Å². The molecule has 0 spiro atoms. The molecule has 0 aliphatic heterocycles. The van der Waals surface area contributed by atoms with E-state index in [4.69, 9.17) is 0 Å². The minimum atomic E-state index is 0.253. The van der Waals surface area contributed by atoms with Crippen molar-refractivity contribution in [2.45, 2.75) is 0 Å². The number of carbonyl (C=O) groups is 1. The van der Waals surface area contributed by atoms with E-state index in [9.17, 15) is 4.79 Å². The van der Waals surface area contributed by atoms with Crippen LogP contribution in [0.4, 0.5) is 0 Å². The fourth-order valence-corrected chi connectivity index (χ4v) is 0.914. The number of imidazole rings is 1. The Morgan fingerprint density at radius 3 is 3.25 bits per heavy atom. The Hall–Kier alpha value is -1.91. The van der Waals surface area contributed by atoms with Gasteiger partial charge in [0, 0.05) is 12.4 Å². The van der Waals surface area contributed by atoms with Crippen LogP contribution in [0, 0.1) is 0 Å². The molecule has 2 heterocycles. The third-order valence-electron chi connectivity index (χ3n) is 1.38. The molecule has 60 valence electrons. The van der Waals surface area contributed by atoms with E-state index in [0.717, 1.165) is 0 Å². The highest BCUT2D eigenvalue weighted by molar-refractivity contribution is 5.44. The molecule has 0 atom stereocenters. The molecule has 0 unspecified atom stereocenters. The highest BCUT2D eigenvalue weighted by atomic mass is 16.5. The van der Waals surface area contributed by atoms with Gasteiger partial charge in [-0.25, -0.2) is 4.98 Å². The van der Waals surface area contributed by atoms with Gasteiger partial charge in [-0.05, 0) is 6.07 Å². The molecule has 0 saturated carbocycles. The predicted octanol–water partition coefficient (Wildman–Crippen LogP) is 0.264. The van der Waals surface area contributed by atoms with E-state index in [2.05, 4.69) is 14.7 Å². The normalized spacial score (nSPS) is 10.0. The minimum Gasteiger partial charge on any atom is -0.408 e. The molecule has 2 aromatic rings. The number of carbonyl (C=O) groups excluding carboxylic acids is 1. The number of aromatic nitrogens is 3. The van der Waals surface area contributed by atoms with Crippen molar-refractivity contribution in [3.8, 4) is 5.88 Å². The second-order valence-electron chi connectivity index (χ2n) is 2.12. The van der Waals surface area contributed by atoms with E-state index in [1.807, 2.05) is 0 Å². The Balaban J connectivity index is 2.54. The van der Waals surface area contributed by atoms with Crippen molar-refractivity contribution >= 4 is 12.2 Å². The van der Waals surface area contributed by atoms with Crippen LogP contribution in [0.2, 0.25) is 0 Å². The Morgan fingerprint density at radius 2 is 2.50 bits per heavy atom. The quantitative estimate of drug-likeness (QED) is 0.596. The van der Waals surface area contributed by atoms with Gasteiger partial charge in [0.25, 0.3) is 6.47 Å². The second kappa shape index (κ2) is 2.61. The van der Waals surface area contributed by atoms with Crippen molar-refractivity contribution in [1.82, 2.24) is 14.4 Å². The zero-order valence-corrected chi connectivity index (χ0v) is 6.04. The Labute approximate surface area is 67.6 Å². The Kier molecular flexibility index (Phi) is 1.48. The SMILES string of the molecule is O=COc1cn2cccnc2n1. The van der Waals surface area contributed by atoms with Gasteiger partial charge in [0.05, 0.1) is 6.20 Å². The molecule has 0 radical (unpaired) electrons. The summed E-state index contributed by atoms with van der Waals surface area (Å²) in [6.45, 7) is 0.335. The highest BCUT2D eigenvalue weighted by Gasteiger charge is 2.00. The van der Waals surface area contributed by atoms with Crippen molar-refractivity contribution in [3.63, 3.8) is 0 Å². The standard InChI is InChI=1S/C7H5N3O2/c11-5-12-6-4-10-3-1-2-8-7(10)9-6/h1-5H. The molecule has 2 aromatic heterocycles. The van der Waals surface area contributed by atoms with E-state index < -0.39 is 0 Å². The van der Waals surface area contributed by atoms with Gasteiger partial charge in [0.2, 0.25) is 11.7 Å². The lowest BCUT2D eigenvalue weighted by atomic mass is 10.7. The first-order chi connectivity index (χ1) is 5.90. The fourth-order valence-electron chi connectivity index (χ4n) is 0.914. The van der Waals surface area contributed by atoms with Crippen molar-refractivity contribution < 1.29 is 9.53 Å². The van der Waals surface area contributed by atoms with Gasteiger partial charge in [-0.2, -0.15) is 4.98 Å². The number of nitrogens with zero attached hydrogens (tertiary/aromatic N) is 3. The first-order valence-corrected chi connectivity index (χ1v) is 3.30. The lowest BCUT2D eigenvalue weighted by molar-refractivity contribution is -0.120. The lowest BCUT2D eigenvalue weighted by Gasteiger charge is -1.85. The summed E-state index contributed by atoms with van der Waals surface area (Å²) < 4.78 is 6.20. The van der Waals surface area contributed by atoms with Crippen LogP contribution in [-0.2, 0) is 4.79 Å². The van der Waals surface area contributed by atoms with Crippen LogP contribution in [0.3, 0.4) is 0 Å². The Morgan fingerprint density at radius 1 is 1.58 bits per heavy atom. The summed E-state index contributed by atoms with van der Waals surface area (Å²) in [4.78, 5) is 17.8. The van der Waals surface area contributed by atoms with Crippen LogP contribution >= 0.6 is 0 Å². The maximum Gasteiger partial charge on any atom is 0.299 e. The molecular formula is C7H5N3O2. The van der Waals surface area contributed by atoms with E-state index in [0.29, 0.717) is 12.2 Å². The third-order valence-corrected chi connectivity index (χ3v) is 1.38. The number of ether oxygens (including phenoxy) is 1. The molecular weight excluding hydrogens is 158 g/mol. The van der Waals surface area contributed by atoms with E-state index >= 15 is 0 Å². The van der Waals surface area contributed by atoms with E-state index in [1.165, 1.54) is 0 Å². The summed E-state index contributed by atoms with van der Waals surface area (Å²) in [5, 5.41) is 0. The van der Waals surface area contributed by atoms with Crippen LogP contribution in [-0.4, -0.2) is 20.8 Å². The molecule has 5 nitrogen and oxygen atoms in total. The topological polar surface area (TPSA) is 56.5 Å². The fraction of sp³-hybridized carbons (Fsp3) is 0. The molecule has 0 aliphatic rings. The van der Waals surface area contributed by atoms with Crippen molar-refractivity contribution in [2.75, 3.05) is 0 Å². The van der Waals surface area contributed by atoms with Gasteiger partial charge in [0.1, 0.15) is 0 Å². The summed E-state index contributed by atoms with van der Waals surface area (Å²) in [5.74, 6) is 0.762. The van der Waals surface area contributed by atoms with Gasteiger partial charge in [-0.15, -0.1) is 0 Å². The van der Waals surface area contributed by atoms with Crippen LogP contribution in [0.15, 0.2) is 24.7 Å². The van der Waals surface area contributed by atoms with Crippen LogP contribution in [0.25, 0.3) is 5.78 Å². The van der Waals surface area contributed by atoms with Crippen LogP contribution < -0.4 is 4.74 Å². The smallest absolute Gasteiger partial charge is 0.299 e. The second-order valence-corrected chi connectivity index (χ2v) is 2.12. The average molecular weight is 163 g/mol. The molecule has 0 saturated heterocycles. The maximum atomic E-state index is 9.96. The Bertz CT molecular complexity index is 377. The van der Waals surface area contributed by atoms with E-state index in [-0.39, 0.29) is 5.88 Å². The monoisotopic (exact) mass is 163 g/mol. The molecule has 0 bridgehead atoms. The van der Waals surface area contributed by atoms with Crippen LogP contribution in [0.5, 0.6) is 5.88 Å². The number of hydrogen-bond donors (Lipinski definition) is 0. The van der Waals surface area contributed by atoms with Crippen molar-refractivity contribution in [2.24, 2.45) is 0 Å². The summed E-state index contributed by atoms with van der Waals surface area (Å²) in [7, 11) is 0. The largest absolute Gasteiger partial charge is 0.408 e. The van der Waals surface area contributed by atoms with Crippen LogP contribution in [0.1, 0.15) is 0 Å². The average Bonchev–Trinajstić information content (AvgIpc) is 2.47. The summed E-state index contributed by atoms with van der Waals surface area (Å²) in [5.41, 5.74) is 0. The summed E-state index contributed by atoms with van der Waals surface area (Å²) in [6.07, 6.45) is 4.97. The summed E-state index contributed by atoms with van der Waals surface area (Å²) in [6, 6.07) is 1.76. The van der Waals surface area contributed by atoms with Crippen molar-refractivity contribution in [1.29, 1.82) is 0 Å². The molecule has 0 N–H and O–H groups in total. The van der Waals surface area contributed by atoms with Gasteiger partial charge >= 0.3 is 0 Å². The lowest BCUT2D eigenvalue weighted by Crippen LogP contribution is -1.86. The molecule has 0 amide bonds. The zero-order chi connectivity index (χ0) is 8.39. The van der Waals surface area contributed by atoms with Gasteiger partial charge < -0.3 is 4.74 Å². The van der Waals surface area contributed by atoms with Gasteiger partial charge in [0.15, 0.2) is 0 Å². The molecule has 0 fully saturated rings. The highest BCUT2D eigenvalue weighted by Crippen LogP contribution is 2.07. The minimum absolute atomic E-state index is 0.253. The molecule has 0 aliphatic carbocycles. The first-order valence-electron chi connectivity index (χ1n) is 3.30. The molecule has 0 aromatic carbocycles. The van der Waals surface area contributed by atoms with Gasteiger partial charge in [-0.1, -0.05) is 0 Å². The van der Waals surface area contributed by atoms with E-state index in [1.54, 1.807) is 29.1 Å². The molecule has 5 heteroatoms. The third kappa shape index (κ3) is 1.01. The first kappa shape index (κ1) is 6.78. The number of rotatable bonds is 2. The molecule has 2 rings (SSSR count). The maximum absolute atomic E-state index is 9.96. The predicted molar refractivity (Wildman–Crippen MR) is 39.7 cm³/mol. The number of hydrogen-bond acceptors (Lipinski definition) is 4. The summed E-state index contributed by atoms with van der Waals surface area (Å²) >= 11 is 0. The number of fused-ring (bicyclic) bond motifs is 1. The van der Waals surface area contributed by atoms with Gasteiger partial charge in [-0.3, -0.25) is 9.20 Å². The molecule has 12 heavy (non-hydrogen) atoms. The zero-order valence-electron chi connectivity index (χ0n) is 6.04.